The van der Waals surface area contributed by atoms with E-state index in [0.29, 0.717) is 43.0 Å². The number of nitrogens with zero attached hydrogens (tertiary/aromatic N) is 5. The molecule has 1 aliphatic heterocycles. The number of piperidine rings is 1. The number of aromatic nitrogens is 4. The molecule has 0 aliphatic carbocycles. The van der Waals surface area contributed by atoms with E-state index >= 15 is 0 Å². The van der Waals surface area contributed by atoms with Crippen molar-refractivity contribution in [2.24, 2.45) is 0 Å². The summed E-state index contributed by atoms with van der Waals surface area (Å²) in [5.41, 5.74) is 0.834. The van der Waals surface area contributed by atoms with Crippen LogP contribution in [0, 0.1) is 0 Å². The molecule has 10 heteroatoms. The highest BCUT2D eigenvalue weighted by atomic mass is 32.3. The topological polar surface area (TPSA) is 95.7 Å². The van der Waals surface area contributed by atoms with E-state index in [-0.39, 0.29) is 15.6 Å². The van der Waals surface area contributed by atoms with Gasteiger partial charge in [-0.15, -0.1) is 0 Å². The molecule has 160 valence electrons. The molecule has 0 spiro atoms. The third-order valence-corrected chi connectivity index (χ3v) is 7.22. The lowest BCUT2D eigenvalue weighted by Gasteiger charge is -2.30. The Kier molecular flexibility index (Phi) is 4.82. The largest absolute Gasteiger partial charge is 0.604 e. The fourth-order valence-electron chi connectivity index (χ4n) is 3.87. The summed E-state index contributed by atoms with van der Waals surface area (Å²) >= 11 is 0. The van der Waals surface area contributed by atoms with Crippen molar-refractivity contribution in [1.82, 2.24) is 19.8 Å². The first kappa shape index (κ1) is 19.8. The molecule has 0 N–H and O–H groups in total. The van der Waals surface area contributed by atoms with Crippen molar-refractivity contribution in [3.8, 4) is 5.75 Å². The Balaban J connectivity index is 1.69. The lowest BCUT2D eigenvalue weighted by Crippen LogP contribution is -2.35. The van der Waals surface area contributed by atoms with Crippen molar-refractivity contribution in [2.45, 2.75) is 28.9 Å². The molecule has 0 bridgehead atoms. The van der Waals surface area contributed by atoms with Crippen LogP contribution < -0.4 is 9.64 Å². The molecular weight excluding hydrogens is 421 g/mol. The number of halogens is 1. The van der Waals surface area contributed by atoms with Gasteiger partial charge in [-0.1, -0.05) is 26.7 Å². The molecule has 1 saturated heterocycles. The first-order valence-corrected chi connectivity index (χ1v) is 11.4. The van der Waals surface area contributed by atoms with Gasteiger partial charge in [-0.25, -0.2) is 9.37 Å². The van der Waals surface area contributed by atoms with Crippen molar-refractivity contribution < 1.29 is 17.9 Å². The van der Waals surface area contributed by atoms with Crippen molar-refractivity contribution in [2.75, 3.05) is 25.1 Å². The Labute approximate surface area is 178 Å². The Morgan fingerprint density at radius 3 is 2.55 bits per heavy atom. The number of rotatable bonds is 4. The maximum Gasteiger partial charge on any atom is 0.317 e. The molecule has 1 atom stereocenters. The maximum absolute atomic E-state index is 13.7. The van der Waals surface area contributed by atoms with E-state index in [2.05, 4.69) is 15.3 Å². The first-order valence-electron chi connectivity index (χ1n) is 9.91. The summed E-state index contributed by atoms with van der Waals surface area (Å²) in [5, 5.41) is 8.67. The van der Waals surface area contributed by atoms with E-state index in [1.54, 1.807) is 12.1 Å². The van der Waals surface area contributed by atoms with Crippen LogP contribution in [0.4, 0.5) is 10.2 Å². The molecule has 1 unspecified atom stereocenters. The molecule has 0 amide bonds. The van der Waals surface area contributed by atoms with E-state index in [1.807, 2.05) is 29.2 Å². The molecule has 5 rings (SSSR count). The summed E-state index contributed by atoms with van der Waals surface area (Å²) in [6.07, 6.45) is -0.000295. The van der Waals surface area contributed by atoms with E-state index in [4.69, 9.17) is 4.74 Å². The Hall–Kier alpha value is -3.11. The number of fused-ring (bicyclic) bond motifs is 3. The van der Waals surface area contributed by atoms with Gasteiger partial charge in [0.15, 0.2) is 4.90 Å². The first-order chi connectivity index (χ1) is 15.0. The average molecular weight is 441 g/mol. The summed E-state index contributed by atoms with van der Waals surface area (Å²) in [6, 6.07) is 13.6. The zero-order valence-electron chi connectivity index (χ0n) is 16.8. The van der Waals surface area contributed by atoms with Crippen LogP contribution in [0.15, 0.2) is 58.5 Å². The minimum atomic E-state index is -3.96. The van der Waals surface area contributed by atoms with Gasteiger partial charge in [0.2, 0.25) is 5.65 Å². The van der Waals surface area contributed by atoms with Gasteiger partial charge in [0.05, 0.1) is 12.6 Å². The Bertz CT molecular complexity index is 1300. The predicted molar refractivity (Wildman–Crippen MR) is 113 cm³/mol. The smallest absolute Gasteiger partial charge is 0.317 e. The molecule has 0 saturated carbocycles. The summed E-state index contributed by atoms with van der Waals surface area (Å²) < 4.78 is 46.9. The third kappa shape index (κ3) is 3.31. The number of alkyl halides is 1. The Morgan fingerprint density at radius 2 is 1.84 bits per heavy atom. The highest BCUT2D eigenvalue weighted by Crippen LogP contribution is 2.33. The molecule has 1 aliphatic rings. The van der Waals surface area contributed by atoms with Gasteiger partial charge in [-0.05, 0) is 49.2 Å². The summed E-state index contributed by atoms with van der Waals surface area (Å²) in [6.45, 7) is 1.02. The molecule has 4 aromatic rings. The monoisotopic (exact) mass is 441 g/mol. The number of ether oxygens (including phenoxy) is 1. The van der Waals surface area contributed by atoms with Crippen molar-refractivity contribution in [3.05, 3.63) is 48.5 Å². The molecule has 0 radical (unpaired) electrons. The Morgan fingerprint density at radius 1 is 1.13 bits per heavy atom. The highest BCUT2D eigenvalue weighted by molar-refractivity contribution is 7.97. The zero-order chi connectivity index (χ0) is 21.6. The summed E-state index contributed by atoms with van der Waals surface area (Å²) in [5.74, 6) is 1.16. The number of hydrogen-bond acceptors (Lipinski definition) is 7. The average Bonchev–Trinajstić information content (AvgIpc) is 3.24. The quantitative estimate of drug-likeness (QED) is 0.449. The molecule has 31 heavy (non-hydrogen) atoms. The van der Waals surface area contributed by atoms with E-state index < -0.39 is 16.4 Å². The maximum atomic E-state index is 13.7. The van der Waals surface area contributed by atoms with Gasteiger partial charge >= 0.3 is 5.03 Å². The standard InChI is InChI=1S/C21H20FN5O3S/c1-30-15-6-8-16(9-7-15)31(28,29)21-20-23-19(26-12-10-14(22)11-13-26)17-4-2-3-5-18(17)27(20)25-24-21/h2-9,14H,10-13H2,1H3. The van der Waals surface area contributed by atoms with Crippen LogP contribution >= 0.6 is 0 Å². The van der Waals surface area contributed by atoms with Gasteiger partial charge in [-0.3, -0.25) is 0 Å². The van der Waals surface area contributed by atoms with E-state index in [0.717, 1.165) is 5.39 Å². The molecule has 2 aromatic carbocycles. The molecule has 8 nitrogen and oxygen atoms in total. The number of sulfone groups is 1. The van der Waals surface area contributed by atoms with E-state index in [9.17, 15) is 13.2 Å². The minimum Gasteiger partial charge on any atom is -0.604 e. The molecule has 1 fully saturated rings. The zero-order valence-corrected chi connectivity index (χ0v) is 17.6. The van der Waals surface area contributed by atoms with Crippen LogP contribution in [0.25, 0.3) is 16.6 Å². The molecular formula is C21H20FN5O3S. The fraction of sp³-hybridized carbons (Fsp3) is 0.286. The summed E-state index contributed by atoms with van der Waals surface area (Å²) in [7, 11) is -2.45. The molecule has 3 heterocycles. The predicted octanol–water partition coefficient (Wildman–Crippen LogP) is 3.27. The minimum absolute atomic E-state index is 0.0745. The van der Waals surface area contributed by atoms with Gasteiger partial charge in [0.25, 0.3) is 0 Å². The van der Waals surface area contributed by atoms with Crippen LogP contribution in [-0.4, -0.2) is 50.7 Å². The fourth-order valence-corrected chi connectivity index (χ4v) is 5.10. The second kappa shape index (κ2) is 7.54. The van der Waals surface area contributed by atoms with Gasteiger partial charge in [0, 0.05) is 18.5 Å². The lowest BCUT2D eigenvalue weighted by molar-refractivity contribution is 0.277. The number of para-hydroxylation sites is 1. The number of hydrogen-bond donors (Lipinski definition) is 0. The third-order valence-electron chi connectivity index (χ3n) is 5.55. The second-order valence-electron chi connectivity index (χ2n) is 7.42. The highest BCUT2D eigenvalue weighted by Gasteiger charge is 2.33. The SMILES string of the molecule is COc1ccc([S+](=O)([O-])c2nnn3c2nc(N2CCC(F)CC2)c2ccccc23)cc1. The van der Waals surface area contributed by atoms with Gasteiger partial charge in [-0.2, -0.15) is 4.52 Å². The van der Waals surface area contributed by atoms with Gasteiger partial charge < -0.3 is 14.2 Å². The van der Waals surface area contributed by atoms with Crippen LogP contribution in [-0.2, 0) is 14.4 Å². The van der Waals surface area contributed by atoms with Crippen molar-refractivity contribution in [1.29, 1.82) is 0 Å². The number of benzene rings is 2. The van der Waals surface area contributed by atoms with Crippen LogP contribution in [0.3, 0.4) is 0 Å². The van der Waals surface area contributed by atoms with Crippen LogP contribution in [0.2, 0.25) is 0 Å². The summed E-state index contributed by atoms with van der Waals surface area (Å²) in [4.78, 5) is 6.74. The normalized spacial score (nSPS) is 17.2. The number of anilines is 1. The van der Waals surface area contributed by atoms with Crippen LogP contribution in [0.1, 0.15) is 12.8 Å². The van der Waals surface area contributed by atoms with E-state index in [1.165, 1.54) is 23.8 Å². The van der Waals surface area contributed by atoms with Crippen LogP contribution in [0.5, 0.6) is 5.75 Å². The number of methoxy groups -OCH3 is 1. The van der Waals surface area contributed by atoms with Crippen molar-refractivity contribution in [3.63, 3.8) is 0 Å². The second-order valence-corrected chi connectivity index (χ2v) is 9.29. The van der Waals surface area contributed by atoms with Gasteiger partial charge in [0.1, 0.15) is 28.0 Å². The molecule has 2 aromatic heterocycles. The van der Waals surface area contributed by atoms with Crippen molar-refractivity contribution >= 4 is 32.6 Å². The lowest BCUT2D eigenvalue weighted by atomic mass is 10.1.